The lowest BCUT2D eigenvalue weighted by Gasteiger charge is -2.35. The van der Waals surface area contributed by atoms with Gasteiger partial charge in [-0.3, -0.25) is 9.69 Å². The summed E-state index contributed by atoms with van der Waals surface area (Å²) < 4.78 is 0. The molecule has 2 aliphatic heterocycles. The van der Waals surface area contributed by atoms with E-state index in [1.54, 1.807) is 0 Å². The van der Waals surface area contributed by atoms with Gasteiger partial charge in [0.05, 0.1) is 12.0 Å². The lowest BCUT2D eigenvalue weighted by Crippen LogP contribution is -2.42. The molecule has 2 N–H and O–H groups in total. The second kappa shape index (κ2) is 9.27. The van der Waals surface area contributed by atoms with Crippen molar-refractivity contribution in [1.29, 1.82) is 0 Å². The molecule has 1 amide bonds. The quantitative estimate of drug-likeness (QED) is 0.766. The number of benzene rings is 2. The number of carbonyl (C=O) groups excluding carboxylic acids is 1. The summed E-state index contributed by atoms with van der Waals surface area (Å²) in [4.78, 5) is 15.5. The topological polar surface area (TPSA) is 44.4 Å². The van der Waals surface area contributed by atoms with E-state index in [0.717, 1.165) is 36.5 Å². The maximum absolute atomic E-state index is 13.0. The molecule has 4 heteroatoms. The van der Waals surface area contributed by atoms with Gasteiger partial charge in [0.1, 0.15) is 0 Å². The van der Waals surface area contributed by atoms with E-state index in [9.17, 15) is 4.79 Å². The third-order valence-electron chi connectivity index (χ3n) is 6.22. The van der Waals surface area contributed by atoms with Gasteiger partial charge in [-0.15, -0.1) is 0 Å². The molecule has 1 saturated heterocycles. The molecule has 4 nitrogen and oxygen atoms in total. The fourth-order valence-electron chi connectivity index (χ4n) is 4.39. The Hall–Kier alpha value is -2.59. The summed E-state index contributed by atoms with van der Waals surface area (Å²) in [6.45, 7) is 5.60. The number of piperidine rings is 1. The minimum absolute atomic E-state index is 0.107. The SMILES string of the molecule is CC(C(=O)NCC(c1ccccc1)N1CCCCC1)C1=Cc2ccccc2NC1. The summed E-state index contributed by atoms with van der Waals surface area (Å²) in [5, 5.41) is 6.68. The van der Waals surface area contributed by atoms with Crippen LogP contribution < -0.4 is 10.6 Å². The molecule has 2 atom stereocenters. The molecule has 0 aliphatic carbocycles. The van der Waals surface area contributed by atoms with E-state index in [1.165, 1.54) is 24.8 Å². The van der Waals surface area contributed by atoms with Crippen molar-refractivity contribution in [3.63, 3.8) is 0 Å². The van der Waals surface area contributed by atoms with Crippen molar-refractivity contribution in [3.8, 4) is 0 Å². The van der Waals surface area contributed by atoms with Crippen LogP contribution in [0.4, 0.5) is 5.69 Å². The number of carbonyl (C=O) groups is 1. The number of likely N-dealkylation sites (tertiary alicyclic amines) is 1. The fraction of sp³-hybridized carbons (Fsp3) is 0.400. The molecule has 2 aliphatic rings. The Morgan fingerprint density at radius 3 is 2.55 bits per heavy atom. The lowest BCUT2D eigenvalue weighted by atomic mass is 9.94. The Balaban J connectivity index is 1.43. The Labute approximate surface area is 174 Å². The normalized spacial score (nSPS) is 18.7. The Kier molecular flexibility index (Phi) is 6.30. The number of nitrogens with zero attached hydrogens (tertiary/aromatic N) is 1. The Bertz CT molecular complexity index is 855. The first-order valence-electron chi connectivity index (χ1n) is 10.8. The smallest absolute Gasteiger partial charge is 0.227 e. The number of para-hydroxylation sites is 1. The molecule has 2 aromatic carbocycles. The summed E-state index contributed by atoms with van der Waals surface area (Å²) in [5.41, 5.74) is 4.72. The number of amides is 1. The zero-order chi connectivity index (χ0) is 20.1. The van der Waals surface area contributed by atoms with E-state index in [-0.39, 0.29) is 17.9 Å². The predicted molar refractivity (Wildman–Crippen MR) is 120 cm³/mol. The molecule has 0 spiro atoms. The van der Waals surface area contributed by atoms with Gasteiger partial charge < -0.3 is 10.6 Å². The molecular formula is C25H31N3O. The van der Waals surface area contributed by atoms with Gasteiger partial charge in [0.2, 0.25) is 5.91 Å². The van der Waals surface area contributed by atoms with Gasteiger partial charge in [0, 0.05) is 18.8 Å². The molecule has 2 heterocycles. The predicted octanol–water partition coefficient (Wildman–Crippen LogP) is 4.48. The second-order valence-electron chi connectivity index (χ2n) is 8.15. The van der Waals surface area contributed by atoms with Crippen LogP contribution in [0.15, 0.2) is 60.2 Å². The van der Waals surface area contributed by atoms with Gasteiger partial charge in [-0.2, -0.15) is 0 Å². The third-order valence-corrected chi connectivity index (χ3v) is 6.22. The average Bonchev–Trinajstić information content (AvgIpc) is 2.79. The first-order chi connectivity index (χ1) is 14.2. The van der Waals surface area contributed by atoms with Crippen molar-refractivity contribution in [2.45, 2.75) is 32.2 Å². The van der Waals surface area contributed by atoms with Crippen LogP contribution in [0, 0.1) is 5.92 Å². The summed E-state index contributed by atoms with van der Waals surface area (Å²) >= 11 is 0. The maximum atomic E-state index is 13.0. The number of fused-ring (bicyclic) bond motifs is 1. The number of nitrogens with one attached hydrogen (secondary N) is 2. The zero-order valence-electron chi connectivity index (χ0n) is 17.2. The highest BCUT2D eigenvalue weighted by atomic mass is 16.1. The van der Waals surface area contributed by atoms with Gasteiger partial charge in [0.15, 0.2) is 0 Å². The molecule has 152 valence electrons. The van der Waals surface area contributed by atoms with Crippen molar-refractivity contribution >= 4 is 17.7 Å². The molecule has 4 rings (SSSR count). The van der Waals surface area contributed by atoms with Crippen molar-refractivity contribution in [2.24, 2.45) is 5.92 Å². The standard InChI is InChI=1S/C25H31N3O/c1-19(22-16-21-12-6-7-13-23(21)26-17-22)25(29)27-18-24(20-10-4-2-5-11-20)28-14-8-3-9-15-28/h2,4-7,10-13,16,19,24,26H,3,8-9,14-15,17-18H2,1H3,(H,27,29). The van der Waals surface area contributed by atoms with E-state index in [1.807, 2.05) is 19.1 Å². The van der Waals surface area contributed by atoms with Crippen molar-refractivity contribution < 1.29 is 4.79 Å². The monoisotopic (exact) mass is 389 g/mol. The van der Waals surface area contributed by atoms with Crippen molar-refractivity contribution in [2.75, 3.05) is 31.5 Å². The maximum Gasteiger partial charge on any atom is 0.227 e. The van der Waals surface area contributed by atoms with Gasteiger partial charge in [0.25, 0.3) is 0 Å². The van der Waals surface area contributed by atoms with Crippen molar-refractivity contribution in [1.82, 2.24) is 10.2 Å². The van der Waals surface area contributed by atoms with Crippen LogP contribution in [-0.2, 0) is 4.79 Å². The molecule has 0 saturated carbocycles. The number of anilines is 1. The summed E-state index contributed by atoms with van der Waals surface area (Å²) in [5.74, 6) is -0.0380. The lowest BCUT2D eigenvalue weighted by molar-refractivity contribution is -0.123. The van der Waals surface area contributed by atoms with E-state index in [4.69, 9.17) is 0 Å². The highest BCUT2D eigenvalue weighted by Crippen LogP contribution is 2.27. The first kappa shape index (κ1) is 19.7. The molecular weight excluding hydrogens is 358 g/mol. The van der Waals surface area contributed by atoms with Crippen LogP contribution in [0.5, 0.6) is 0 Å². The summed E-state index contributed by atoms with van der Waals surface area (Å²) in [6, 6.07) is 19.1. The Morgan fingerprint density at radius 1 is 1.03 bits per heavy atom. The highest BCUT2D eigenvalue weighted by molar-refractivity contribution is 5.85. The largest absolute Gasteiger partial charge is 0.381 e. The Morgan fingerprint density at radius 2 is 1.76 bits per heavy atom. The van der Waals surface area contributed by atoms with Gasteiger partial charge in [-0.1, -0.05) is 61.0 Å². The third kappa shape index (κ3) is 4.70. The van der Waals surface area contributed by atoms with Gasteiger partial charge in [-0.25, -0.2) is 0 Å². The summed E-state index contributed by atoms with van der Waals surface area (Å²) in [7, 11) is 0. The van der Waals surface area contributed by atoms with Crippen molar-refractivity contribution in [3.05, 3.63) is 71.3 Å². The average molecular weight is 390 g/mol. The molecule has 0 radical (unpaired) electrons. The first-order valence-corrected chi connectivity index (χ1v) is 10.8. The summed E-state index contributed by atoms with van der Waals surface area (Å²) in [6.07, 6.45) is 5.96. The minimum Gasteiger partial charge on any atom is -0.381 e. The molecule has 2 aromatic rings. The van der Waals surface area contributed by atoms with Gasteiger partial charge >= 0.3 is 0 Å². The number of rotatable bonds is 6. The van der Waals surface area contributed by atoms with Gasteiger partial charge in [-0.05, 0) is 55.6 Å². The van der Waals surface area contributed by atoms with Crippen LogP contribution in [0.2, 0.25) is 0 Å². The van der Waals surface area contributed by atoms with Crippen LogP contribution in [0.3, 0.4) is 0 Å². The number of hydrogen-bond acceptors (Lipinski definition) is 3. The van der Waals surface area contributed by atoms with E-state index in [2.05, 4.69) is 64.1 Å². The molecule has 0 bridgehead atoms. The fourth-order valence-corrected chi connectivity index (χ4v) is 4.39. The van der Waals surface area contributed by atoms with Crippen LogP contribution in [0.25, 0.3) is 6.08 Å². The minimum atomic E-state index is -0.145. The highest BCUT2D eigenvalue weighted by Gasteiger charge is 2.25. The van der Waals surface area contributed by atoms with E-state index >= 15 is 0 Å². The second-order valence-corrected chi connectivity index (χ2v) is 8.15. The molecule has 29 heavy (non-hydrogen) atoms. The van der Waals surface area contributed by atoms with Crippen LogP contribution in [-0.4, -0.2) is 37.0 Å². The van der Waals surface area contributed by atoms with E-state index in [0.29, 0.717) is 6.54 Å². The van der Waals surface area contributed by atoms with Crippen LogP contribution >= 0.6 is 0 Å². The molecule has 0 aromatic heterocycles. The zero-order valence-corrected chi connectivity index (χ0v) is 17.2. The molecule has 2 unspecified atom stereocenters. The van der Waals surface area contributed by atoms with E-state index < -0.39 is 0 Å². The molecule has 1 fully saturated rings. The number of hydrogen-bond donors (Lipinski definition) is 2. The van der Waals surface area contributed by atoms with Crippen LogP contribution in [0.1, 0.15) is 43.4 Å².